The van der Waals surface area contributed by atoms with Gasteiger partial charge in [-0.1, -0.05) is 13.8 Å². The molecule has 88 valence electrons. The lowest BCUT2D eigenvalue weighted by molar-refractivity contribution is -0.459. The molecule has 0 aromatic carbocycles. The lowest BCUT2D eigenvalue weighted by Gasteiger charge is -2.13. The fourth-order valence-electron chi connectivity index (χ4n) is 1.26. The van der Waals surface area contributed by atoms with Crippen molar-refractivity contribution in [1.29, 1.82) is 0 Å². The Labute approximate surface area is 91.1 Å². The zero-order valence-electron chi connectivity index (χ0n) is 9.62. The second-order valence-corrected chi connectivity index (χ2v) is 3.84. The highest BCUT2D eigenvalue weighted by Gasteiger charge is 2.18. The maximum Gasteiger partial charge on any atom is 0.338 e. The SMILES string of the molecule is CCC(C)C(=O)C(N)CCC[NH+]=C(N)N. The summed E-state index contributed by atoms with van der Waals surface area (Å²) in [6.07, 6.45) is 2.30. The Balaban J connectivity index is 3.79. The first kappa shape index (κ1) is 13.9. The zero-order valence-corrected chi connectivity index (χ0v) is 9.62. The number of nitrogens with two attached hydrogens (primary N) is 3. The van der Waals surface area contributed by atoms with Crippen molar-refractivity contribution in [2.24, 2.45) is 23.1 Å². The summed E-state index contributed by atoms with van der Waals surface area (Å²) >= 11 is 0. The standard InChI is InChI=1S/C10H22N4O/c1-3-7(2)9(15)8(11)5-4-6-14-10(12)13/h7-8H,3-6,11H2,1-2H3,(H4,12,13,14)/p+1. The summed E-state index contributed by atoms with van der Waals surface area (Å²) in [5.41, 5.74) is 16.2. The van der Waals surface area contributed by atoms with Crippen LogP contribution in [0.5, 0.6) is 0 Å². The molecule has 0 aromatic rings. The van der Waals surface area contributed by atoms with Crippen LogP contribution in [0, 0.1) is 5.92 Å². The van der Waals surface area contributed by atoms with Gasteiger partial charge in [-0.3, -0.25) is 21.3 Å². The van der Waals surface area contributed by atoms with Gasteiger partial charge in [0.05, 0.1) is 12.6 Å². The van der Waals surface area contributed by atoms with Crippen molar-refractivity contribution in [3.05, 3.63) is 0 Å². The van der Waals surface area contributed by atoms with Gasteiger partial charge in [-0.2, -0.15) is 0 Å². The smallest absolute Gasteiger partial charge is 0.321 e. The van der Waals surface area contributed by atoms with E-state index < -0.39 is 0 Å². The quantitative estimate of drug-likeness (QED) is 0.225. The maximum atomic E-state index is 11.6. The highest BCUT2D eigenvalue weighted by molar-refractivity contribution is 5.85. The average Bonchev–Trinajstić information content (AvgIpc) is 2.21. The molecule has 0 spiro atoms. The summed E-state index contributed by atoms with van der Waals surface area (Å²) in [6, 6.07) is -0.360. The zero-order chi connectivity index (χ0) is 11.8. The van der Waals surface area contributed by atoms with E-state index in [4.69, 9.17) is 17.2 Å². The summed E-state index contributed by atoms with van der Waals surface area (Å²) in [5, 5.41) is 0. The van der Waals surface area contributed by atoms with Gasteiger partial charge in [0, 0.05) is 5.92 Å². The molecule has 2 unspecified atom stereocenters. The van der Waals surface area contributed by atoms with Crippen molar-refractivity contribution < 1.29 is 9.79 Å². The summed E-state index contributed by atoms with van der Waals surface area (Å²) in [7, 11) is 0. The lowest BCUT2D eigenvalue weighted by Crippen LogP contribution is -2.78. The lowest BCUT2D eigenvalue weighted by atomic mass is 9.95. The van der Waals surface area contributed by atoms with Crippen LogP contribution in [0.3, 0.4) is 0 Å². The first-order valence-corrected chi connectivity index (χ1v) is 5.40. The molecule has 5 heteroatoms. The molecule has 0 rings (SSSR count). The minimum Gasteiger partial charge on any atom is -0.321 e. The van der Waals surface area contributed by atoms with Gasteiger partial charge < -0.3 is 5.73 Å². The molecule has 0 aliphatic carbocycles. The van der Waals surface area contributed by atoms with Gasteiger partial charge in [0.1, 0.15) is 0 Å². The molecule has 0 amide bonds. The van der Waals surface area contributed by atoms with E-state index in [-0.39, 0.29) is 23.7 Å². The van der Waals surface area contributed by atoms with Gasteiger partial charge in [-0.05, 0) is 19.3 Å². The van der Waals surface area contributed by atoms with Crippen LogP contribution in [0.25, 0.3) is 0 Å². The highest BCUT2D eigenvalue weighted by Crippen LogP contribution is 2.07. The Bertz CT molecular complexity index is 223. The van der Waals surface area contributed by atoms with Crippen molar-refractivity contribution >= 4 is 11.7 Å². The Hall–Kier alpha value is -1.10. The van der Waals surface area contributed by atoms with Crippen LogP contribution in [0.1, 0.15) is 33.1 Å². The van der Waals surface area contributed by atoms with E-state index in [0.29, 0.717) is 13.0 Å². The second-order valence-electron chi connectivity index (χ2n) is 3.84. The predicted molar refractivity (Wildman–Crippen MR) is 60.9 cm³/mol. The molecular formula is C10H23N4O+. The van der Waals surface area contributed by atoms with Gasteiger partial charge >= 0.3 is 5.96 Å². The molecule has 0 aromatic heterocycles. The Morgan fingerprint density at radius 2 is 2.00 bits per heavy atom. The van der Waals surface area contributed by atoms with Gasteiger partial charge in [0.15, 0.2) is 5.78 Å². The van der Waals surface area contributed by atoms with Crippen LogP contribution in [-0.4, -0.2) is 24.3 Å². The van der Waals surface area contributed by atoms with Gasteiger partial charge in [0.2, 0.25) is 0 Å². The van der Waals surface area contributed by atoms with Crippen molar-refractivity contribution in [1.82, 2.24) is 0 Å². The molecule has 0 heterocycles. The van der Waals surface area contributed by atoms with Crippen molar-refractivity contribution in [2.75, 3.05) is 6.54 Å². The molecule has 0 aliphatic rings. The molecule has 0 radical (unpaired) electrons. The third-order valence-electron chi connectivity index (χ3n) is 2.48. The van der Waals surface area contributed by atoms with E-state index in [1.807, 2.05) is 13.8 Å². The normalized spacial score (nSPS) is 14.3. The second kappa shape index (κ2) is 7.23. The molecule has 7 N–H and O–H groups in total. The number of ketones is 1. The van der Waals surface area contributed by atoms with E-state index >= 15 is 0 Å². The molecule has 15 heavy (non-hydrogen) atoms. The topological polar surface area (TPSA) is 109 Å². The van der Waals surface area contributed by atoms with Crippen LogP contribution >= 0.6 is 0 Å². The molecule has 0 aliphatic heterocycles. The molecule has 0 bridgehead atoms. The number of guanidine groups is 1. The molecule has 0 saturated heterocycles. The molecule has 2 atom stereocenters. The third-order valence-corrected chi connectivity index (χ3v) is 2.48. The minimum atomic E-state index is -0.360. The Morgan fingerprint density at radius 1 is 1.40 bits per heavy atom. The summed E-state index contributed by atoms with van der Waals surface area (Å²) in [6.45, 7) is 4.55. The van der Waals surface area contributed by atoms with Crippen LogP contribution in [0.4, 0.5) is 0 Å². The summed E-state index contributed by atoms with van der Waals surface area (Å²) in [5.74, 6) is 0.401. The van der Waals surface area contributed by atoms with E-state index in [2.05, 4.69) is 4.99 Å². The summed E-state index contributed by atoms with van der Waals surface area (Å²) in [4.78, 5) is 14.4. The first-order valence-electron chi connectivity index (χ1n) is 5.40. The van der Waals surface area contributed by atoms with E-state index in [1.54, 1.807) is 0 Å². The number of carbonyl (C=O) groups is 1. The van der Waals surface area contributed by atoms with Gasteiger partial charge in [0.25, 0.3) is 0 Å². The number of Topliss-reactive ketones (excluding diaryl/α,β-unsaturated/α-hetero) is 1. The first-order chi connectivity index (χ1) is 6.99. The van der Waals surface area contributed by atoms with Crippen LogP contribution in [0.15, 0.2) is 0 Å². The molecular weight excluding hydrogens is 192 g/mol. The van der Waals surface area contributed by atoms with Gasteiger partial charge in [-0.15, -0.1) is 0 Å². The van der Waals surface area contributed by atoms with E-state index in [0.717, 1.165) is 12.8 Å². The van der Waals surface area contributed by atoms with E-state index in [9.17, 15) is 4.79 Å². The molecule has 5 nitrogen and oxygen atoms in total. The summed E-state index contributed by atoms with van der Waals surface area (Å²) < 4.78 is 0. The number of rotatable bonds is 7. The van der Waals surface area contributed by atoms with E-state index in [1.165, 1.54) is 0 Å². The van der Waals surface area contributed by atoms with Crippen molar-refractivity contribution in [2.45, 2.75) is 39.2 Å². The van der Waals surface area contributed by atoms with Crippen LogP contribution < -0.4 is 22.2 Å². The molecule has 0 saturated carbocycles. The van der Waals surface area contributed by atoms with Crippen LogP contribution in [0.2, 0.25) is 0 Å². The fraction of sp³-hybridized carbons (Fsp3) is 0.800. The minimum absolute atomic E-state index is 0.0547. The third kappa shape index (κ3) is 6.06. The number of carbonyl (C=O) groups excluding carboxylic acids is 1. The average molecular weight is 215 g/mol. The largest absolute Gasteiger partial charge is 0.338 e. The monoisotopic (exact) mass is 215 g/mol. The highest BCUT2D eigenvalue weighted by atomic mass is 16.1. The van der Waals surface area contributed by atoms with Gasteiger partial charge in [-0.25, -0.2) is 0 Å². The van der Waals surface area contributed by atoms with Crippen molar-refractivity contribution in [3.63, 3.8) is 0 Å². The predicted octanol–water partition coefficient (Wildman–Crippen LogP) is -1.94. The van der Waals surface area contributed by atoms with Crippen LogP contribution in [-0.2, 0) is 4.79 Å². The number of hydrogen-bond donors (Lipinski definition) is 4. The Morgan fingerprint density at radius 3 is 2.47 bits per heavy atom. The molecule has 0 fully saturated rings. The number of hydrogen-bond acceptors (Lipinski definition) is 2. The number of nitrogens with one attached hydrogen (secondary N) is 1. The van der Waals surface area contributed by atoms with Crippen molar-refractivity contribution in [3.8, 4) is 0 Å². The Kier molecular flexibility index (Phi) is 6.70. The maximum absolute atomic E-state index is 11.6. The fourth-order valence-corrected chi connectivity index (χ4v) is 1.26.